The maximum absolute atomic E-state index is 12.0. The molecule has 2 aromatic carbocycles. The van der Waals surface area contributed by atoms with Gasteiger partial charge in [-0.2, -0.15) is 0 Å². The average molecular weight is 355 g/mol. The molecule has 0 bridgehead atoms. The summed E-state index contributed by atoms with van der Waals surface area (Å²) in [6.07, 6.45) is 0. The molecule has 7 nitrogen and oxygen atoms in total. The van der Waals surface area contributed by atoms with Crippen LogP contribution in [0.3, 0.4) is 0 Å². The summed E-state index contributed by atoms with van der Waals surface area (Å²) in [5.41, 5.74) is 9.54. The van der Waals surface area contributed by atoms with Gasteiger partial charge in [0.2, 0.25) is 0 Å². The van der Waals surface area contributed by atoms with Crippen molar-refractivity contribution in [2.45, 2.75) is 20.8 Å². The van der Waals surface area contributed by atoms with Gasteiger partial charge in [0.1, 0.15) is 0 Å². The molecule has 0 atom stereocenters. The Labute approximate surface area is 151 Å². The number of nitrogen functional groups attached to an aromatic ring is 1. The summed E-state index contributed by atoms with van der Waals surface area (Å²) in [4.78, 5) is 35.7. The molecule has 0 aliphatic heterocycles. The third-order valence-electron chi connectivity index (χ3n) is 3.76. The van der Waals surface area contributed by atoms with Crippen LogP contribution in [0.5, 0.6) is 0 Å². The number of hydrogen-bond acceptors (Lipinski definition) is 5. The molecule has 0 fully saturated rings. The van der Waals surface area contributed by atoms with Crippen molar-refractivity contribution in [2.24, 2.45) is 0 Å². The molecule has 0 aliphatic rings. The molecule has 7 heteroatoms. The minimum atomic E-state index is -0.744. The van der Waals surface area contributed by atoms with E-state index in [4.69, 9.17) is 10.5 Å². The lowest BCUT2D eigenvalue weighted by atomic mass is 10.1. The van der Waals surface area contributed by atoms with Gasteiger partial charge in [-0.1, -0.05) is 29.8 Å². The van der Waals surface area contributed by atoms with Crippen LogP contribution in [0.25, 0.3) is 0 Å². The third-order valence-corrected chi connectivity index (χ3v) is 3.76. The Morgan fingerprint density at radius 1 is 1.04 bits per heavy atom. The van der Waals surface area contributed by atoms with Crippen molar-refractivity contribution in [1.82, 2.24) is 5.32 Å². The number of nitrogens with one attached hydrogen (secondary N) is 2. The minimum Gasteiger partial charge on any atom is -0.452 e. The topological polar surface area (TPSA) is 111 Å². The largest absolute Gasteiger partial charge is 0.452 e. The van der Waals surface area contributed by atoms with E-state index in [9.17, 15) is 14.4 Å². The van der Waals surface area contributed by atoms with Crippen LogP contribution in [0.1, 0.15) is 27.0 Å². The van der Waals surface area contributed by atoms with Crippen molar-refractivity contribution in [3.8, 4) is 0 Å². The first-order valence-electron chi connectivity index (χ1n) is 7.98. The van der Waals surface area contributed by atoms with Crippen molar-refractivity contribution in [3.63, 3.8) is 0 Å². The quantitative estimate of drug-likeness (QED) is 0.577. The maximum Gasteiger partial charge on any atom is 0.340 e. The number of rotatable bonds is 4. The molecule has 0 heterocycles. The molecular weight excluding hydrogens is 334 g/mol. The number of carbonyl (C=O) groups is 3. The number of urea groups is 1. The van der Waals surface area contributed by atoms with Crippen LogP contribution in [0.2, 0.25) is 0 Å². The predicted octanol–water partition coefficient (Wildman–Crippen LogP) is 2.70. The summed E-state index contributed by atoms with van der Waals surface area (Å²) in [5, 5.41) is 4.68. The molecule has 0 radical (unpaired) electrons. The number of anilines is 2. The maximum atomic E-state index is 12.0. The summed E-state index contributed by atoms with van der Waals surface area (Å²) in [6, 6.07) is 9.73. The number of benzene rings is 2. The molecule has 0 spiro atoms. The Morgan fingerprint density at radius 3 is 2.46 bits per heavy atom. The van der Waals surface area contributed by atoms with Gasteiger partial charge in [-0.25, -0.2) is 9.59 Å². The third kappa shape index (κ3) is 4.83. The second kappa shape index (κ2) is 8.15. The summed E-state index contributed by atoms with van der Waals surface area (Å²) in [5.74, 6) is -1.47. The molecule has 0 aliphatic carbocycles. The van der Waals surface area contributed by atoms with Crippen molar-refractivity contribution in [1.29, 1.82) is 0 Å². The van der Waals surface area contributed by atoms with Crippen LogP contribution in [0.15, 0.2) is 36.4 Å². The molecule has 136 valence electrons. The summed E-state index contributed by atoms with van der Waals surface area (Å²) < 4.78 is 4.91. The highest BCUT2D eigenvalue weighted by atomic mass is 16.5. The van der Waals surface area contributed by atoms with E-state index in [0.29, 0.717) is 11.4 Å². The highest BCUT2D eigenvalue weighted by Crippen LogP contribution is 2.17. The summed E-state index contributed by atoms with van der Waals surface area (Å²) in [7, 11) is 0. The fraction of sp³-hybridized carbons (Fsp3) is 0.211. The van der Waals surface area contributed by atoms with E-state index in [0.717, 1.165) is 16.7 Å². The van der Waals surface area contributed by atoms with Gasteiger partial charge in [0.15, 0.2) is 6.61 Å². The molecule has 0 saturated carbocycles. The first-order chi connectivity index (χ1) is 12.3. The summed E-state index contributed by atoms with van der Waals surface area (Å²) in [6.45, 7) is 4.96. The Hall–Kier alpha value is -3.35. The van der Waals surface area contributed by atoms with Gasteiger partial charge >= 0.3 is 12.0 Å². The van der Waals surface area contributed by atoms with E-state index in [-0.39, 0.29) is 5.56 Å². The van der Waals surface area contributed by atoms with E-state index < -0.39 is 24.5 Å². The molecule has 0 aromatic heterocycles. The van der Waals surface area contributed by atoms with Gasteiger partial charge < -0.3 is 15.8 Å². The van der Waals surface area contributed by atoms with Gasteiger partial charge in [-0.05, 0) is 44.0 Å². The number of carbonyl (C=O) groups excluding carboxylic acids is 3. The second-order valence-electron chi connectivity index (χ2n) is 5.93. The Kier molecular flexibility index (Phi) is 5.95. The zero-order valence-corrected chi connectivity index (χ0v) is 14.9. The number of para-hydroxylation sites is 1. The Balaban J connectivity index is 1.87. The number of amides is 3. The van der Waals surface area contributed by atoms with Crippen LogP contribution in [0, 0.1) is 20.8 Å². The Bertz CT molecular complexity index is 862. The number of ether oxygens (including phenoxy) is 1. The molecule has 0 unspecified atom stereocenters. The van der Waals surface area contributed by atoms with Gasteiger partial charge in [0.25, 0.3) is 5.91 Å². The predicted molar refractivity (Wildman–Crippen MR) is 99.0 cm³/mol. The van der Waals surface area contributed by atoms with Gasteiger partial charge in [-0.15, -0.1) is 0 Å². The number of nitrogens with two attached hydrogens (primary N) is 1. The van der Waals surface area contributed by atoms with Gasteiger partial charge in [0, 0.05) is 11.4 Å². The van der Waals surface area contributed by atoms with Crippen LogP contribution >= 0.6 is 0 Å². The standard InChI is InChI=1S/C19H21N3O4/c1-11-7-8-15(13(3)9-11)21-19(25)22-16(23)10-26-18(24)14-6-4-5-12(2)17(14)20/h4-9H,10,20H2,1-3H3,(H2,21,22,23,25). The first-order valence-corrected chi connectivity index (χ1v) is 7.98. The molecular formula is C19H21N3O4. The van der Waals surface area contributed by atoms with Gasteiger partial charge in [-0.3, -0.25) is 10.1 Å². The van der Waals surface area contributed by atoms with Gasteiger partial charge in [0.05, 0.1) is 5.56 Å². The van der Waals surface area contributed by atoms with Crippen molar-refractivity contribution >= 4 is 29.3 Å². The van der Waals surface area contributed by atoms with Crippen LogP contribution in [0.4, 0.5) is 16.2 Å². The van der Waals surface area contributed by atoms with E-state index in [1.54, 1.807) is 25.1 Å². The molecule has 3 amide bonds. The highest BCUT2D eigenvalue weighted by molar-refractivity contribution is 6.03. The number of aryl methyl sites for hydroxylation is 3. The minimum absolute atomic E-state index is 0.178. The number of imide groups is 1. The van der Waals surface area contributed by atoms with Crippen LogP contribution in [-0.4, -0.2) is 24.5 Å². The van der Waals surface area contributed by atoms with Crippen molar-refractivity contribution in [3.05, 3.63) is 58.7 Å². The second-order valence-corrected chi connectivity index (χ2v) is 5.93. The van der Waals surface area contributed by atoms with E-state index >= 15 is 0 Å². The van der Waals surface area contributed by atoms with E-state index in [1.165, 1.54) is 6.07 Å². The monoisotopic (exact) mass is 355 g/mol. The normalized spacial score (nSPS) is 10.1. The lowest BCUT2D eigenvalue weighted by Gasteiger charge is -2.11. The van der Waals surface area contributed by atoms with Crippen LogP contribution < -0.4 is 16.4 Å². The molecule has 4 N–H and O–H groups in total. The Morgan fingerprint density at radius 2 is 1.77 bits per heavy atom. The van der Waals surface area contributed by atoms with Crippen LogP contribution in [-0.2, 0) is 9.53 Å². The number of hydrogen-bond donors (Lipinski definition) is 3. The average Bonchev–Trinajstić information content (AvgIpc) is 2.57. The first kappa shape index (κ1) is 19.0. The molecule has 26 heavy (non-hydrogen) atoms. The fourth-order valence-electron chi connectivity index (χ4n) is 2.34. The van der Waals surface area contributed by atoms with Crippen molar-refractivity contribution < 1.29 is 19.1 Å². The smallest absolute Gasteiger partial charge is 0.340 e. The lowest BCUT2D eigenvalue weighted by molar-refractivity contribution is -0.123. The number of esters is 1. The lowest BCUT2D eigenvalue weighted by Crippen LogP contribution is -2.37. The fourth-order valence-corrected chi connectivity index (χ4v) is 2.34. The zero-order chi connectivity index (χ0) is 19.3. The molecule has 2 rings (SSSR count). The highest BCUT2D eigenvalue weighted by Gasteiger charge is 2.15. The zero-order valence-electron chi connectivity index (χ0n) is 14.9. The molecule has 0 saturated heterocycles. The SMILES string of the molecule is Cc1ccc(NC(=O)NC(=O)COC(=O)c2cccc(C)c2N)c(C)c1. The van der Waals surface area contributed by atoms with E-state index in [1.807, 2.05) is 26.0 Å². The van der Waals surface area contributed by atoms with Crippen molar-refractivity contribution in [2.75, 3.05) is 17.7 Å². The molecule has 2 aromatic rings. The van der Waals surface area contributed by atoms with E-state index in [2.05, 4.69) is 10.6 Å². The summed E-state index contributed by atoms with van der Waals surface area (Å²) >= 11 is 0.